The van der Waals surface area contributed by atoms with E-state index in [1.807, 2.05) is 13.8 Å². The predicted octanol–water partition coefficient (Wildman–Crippen LogP) is 5.11. The molecule has 1 unspecified atom stereocenters. The topological polar surface area (TPSA) is 123 Å². The zero-order valence-corrected chi connectivity index (χ0v) is 28.2. The maximum absolute atomic E-state index is 14.5. The Kier molecular flexibility index (Phi) is 13.4. The minimum atomic E-state index is -1.36. The average molecular weight is 682 g/mol. The summed E-state index contributed by atoms with van der Waals surface area (Å²) < 4.78 is 58.1. The molecule has 2 aromatic carbocycles. The van der Waals surface area contributed by atoms with E-state index in [1.54, 1.807) is 52.0 Å². The summed E-state index contributed by atoms with van der Waals surface area (Å²) in [5.41, 5.74) is -0.355. The van der Waals surface area contributed by atoms with E-state index in [2.05, 4.69) is 10.6 Å². The third-order valence-electron chi connectivity index (χ3n) is 6.91. The van der Waals surface area contributed by atoms with Gasteiger partial charge in [-0.25, -0.2) is 22.8 Å². The van der Waals surface area contributed by atoms with Gasteiger partial charge in [0, 0.05) is 43.3 Å². The standard InChI is InChI=1S/C33H42F3N3O7S/c1-7-44-31(42)28(19(2)3)45-23-10-8-20(9-11-23)18-37-29(41)30-39(12-13-47-30)27(40)16-22(38-32(43)46-33(4,5)6)14-21-15-25(35)26(36)17-24(21)34/h8-11,15,17,19,22,28,30H,7,12-14,16,18H2,1-6H3,(H,37,41)(H,38,43)/t22-,28?,30+/m1/s1. The normalized spacial score (nSPS) is 16.0. The van der Waals surface area contributed by atoms with Crippen molar-refractivity contribution in [2.45, 2.75) is 84.0 Å². The SMILES string of the molecule is CCOC(=O)C(Oc1ccc(CNC(=O)[C@@H]2SCCN2C(=O)C[C@@H](Cc2cc(F)c(F)cc2F)NC(=O)OC(C)(C)C)cc1)C(C)C. The van der Waals surface area contributed by atoms with Gasteiger partial charge >= 0.3 is 12.1 Å². The Morgan fingerprint density at radius 2 is 1.68 bits per heavy atom. The molecule has 14 heteroatoms. The summed E-state index contributed by atoms with van der Waals surface area (Å²) in [5.74, 6) is -4.18. The maximum atomic E-state index is 14.5. The highest BCUT2D eigenvalue weighted by Gasteiger charge is 2.36. The molecule has 1 aliphatic rings. The summed E-state index contributed by atoms with van der Waals surface area (Å²) in [6, 6.07) is 6.89. The molecule has 0 radical (unpaired) electrons. The van der Waals surface area contributed by atoms with E-state index < -0.39 is 64.4 Å². The fraction of sp³-hybridized carbons (Fsp3) is 0.515. The number of carbonyl (C=O) groups excluding carboxylic acids is 4. The number of halogens is 3. The molecule has 3 amide bonds. The summed E-state index contributed by atoms with van der Waals surface area (Å²) in [7, 11) is 0. The van der Waals surface area contributed by atoms with Gasteiger partial charge in [0.2, 0.25) is 5.91 Å². The van der Waals surface area contributed by atoms with Crippen molar-refractivity contribution >= 4 is 35.6 Å². The number of nitrogens with one attached hydrogen (secondary N) is 2. The number of ether oxygens (including phenoxy) is 3. The molecule has 0 aliphatic carbocycles. The Labute approximate surface area is 277 Å². The molecule has 0 bridgehead atoms. The zero-order chi connectivity index (χ0) is 34.9. The molecular weight excluding hydrogens is 639 g/mol. The molecule has 2 N–H and O–H groups in total. The highest BCUT2D eigenvalue weighted by molar-refractivity contribution is 8.00. The number of esters is 1. The second kappa shape index (κ2) is 16.8. The number of hydrogen-bond acceptors (Lipinski definition) is 8. The van der Waals surface area contributed by atoms with Crippen LogP contribution in [-0.2, 0) is 36.8 Å². The van der Waals surface area contributed by atoms with Crippen molar-refractivity contribution in [1.82, 2.24) is 15.5 Å². The van der Waals surface area contributed by atoms with Crippen LogP contribution in [0.2, 0.25) is 0 Å². The Bertz CT molecular complexity index is 1420. The average Bonchev–Trinajstić information content (AvgIpc) is 3.47. The van der Waals surface area contributed by atoms with E-state index in [0.29, 0.717) is 23.6 Å². The zero-order valence-electron chi connectivity index (χ0n) is 27.4. The number of benzene rings is 2. The quantitative estimate of drug-likeness (QED) is 0.221. The number of amides is 3. The first-order chi connectivity index (χ1) is 22.1. The smallest absolute Gasteiger partial charge is 0.407 e. The van der Waals surface area contributed by atoms with Gasteiger partial charge in [-0.05, 0) is 63.4 Å². The lowest BCUT2D eigenvalue weighted by Crippen LogP contribution is -2.48. The monoisotopic (exact) mass is 681 g/mol. The van der Waals surface area contributed by atoms with Gasteiger partial charge in [-0.2, -0.15) is 0 Å². The van der Waals surface area contributed by atoms with Crippen LogP contribution in [0.15, 0.2) is 36.4 Å². The molecule has 3 rings (SSSR count). The van der Waals surface area contributed by atoms with Gasteiger partial charge in [-0.3, -0.25) is 9.59 Å². The molecule has 0 spiro atoms. The number of hydrogen-bond donors (Lipinski definition) is 2. The van der Waals surface area contributed by atoms with E-state index in [4.69, 9.17) is 14.2 Å². The third-order valence-corrected chi connectivity index (χ3v) is 8.11. The molecule has 3 atom stereocenters. The second-order valence-electron chi connectivity index (χ2n) is 12.3. The first-order valence-electron chi connectivity index (χ1n) is 15.3. The molecule has 0 aromatic heterocycles. The minimum absolute atomic E-state index is 0.113. The number of carbonyl (C=O) groups is 4. The summed E-state index contributed by atoms with van der Waals surface area (Å²) >= 11 is 1.27. The molecule has 1 heterocycles. The molecule has 2 aromatic rings. The molecule has 1 saturated heterocycles. The van der Waals surface area contributed by atoms with Crippen LogP contribution >= 0.6 is 11.8 Å². The summed E-state index contributed by atoms with van der Waals surface area (Å²) in [5, 5.41) is 4.49. The first kappa shape index (κ1) is 37.5. The summed E-state index contributed by atoms with van der Waals surface area (Å²) in [6.07, 6.45) is -2.32. The van der Waals surface area contributed by atoms with Crippen LogP contribution in [0.5, 0.6) is 5.75 Å². The van der Waals surface area contributed by atoms with Crippen LogP contribution < -0.4 is 15.4 Å². The van der Waals surface area contributed by atoms with Crippen molar-refractivity contribution in [2.75, 3.05) is 18.9 Å². The van der Waals surface area contributed by atoms with E-state index >= 15 is 0 Å². The van der Waals surface area contributed by atoms with Gasteiger partial charge in [0.15, 0.2) is 23.1 Å². The van der Waals surface area contributed by atoms with Crippen LogP contribution in [0.4, 0.5) is 18.0 Å². The van der Waals surface area contributed by atoms with Crippen molar-refractivity contribution in [3.8, 4) is 5.75 Å². The van der Waals surface area contributed by atoms with Crippen LogP contribution in [-0.4, -0.2) is 70.8 Å². The van der Waals surface area contributed by atoms with Crippen molar-refractivity contribution in [2.24, 2.45) is 5.92 Å². The van der Waals surface area contributed by atoms with Crippen molar-refractivity contribution in [3.05, 3.63) is 65.0 Å². The Morgan fingerprint density at radius 3 is 2.30 bits per heavy atom. The largest absolute Gasteiger partial charge is 0.478 e. The maximum Gasteiger partial charge on any atom is 0.407 e. The molecule has 0 saturated carbocycles. The minimum Gasteiger partial charge on any atom is -0.478 e. The van der Waals surface area contributed by atoms with E-state index in [-0.39, 0.29) is 44.0 Å². The van der Waals surface area contributed by atoms with Crippen LogP contribution in [0.25, 0.3) is 0 Å². The highest BCUT2D eigenvalue weighted by atomic mass is 32.2. The van der Waals surface area contributed by atoms with E-state index in [1.165, 1.54) is 16.7 Å². The highest BCUT2D eigenvalue weighted by Crippen LogP contribution is 2.26. The molecule has 10 nitrogen and oxygen atoms in total. The molecule has 258 valence electrons. The molecular formula is C33H42F3N3O7S. The van der Waals surface area contributed by atoms with Gasteiger partial charge in [0.1, 0.15) is 17.2 Å². The summed E-state index contributed by atoms with van der Waals surface area (Å²) in [4.78, 5) is 52.7. The van der Waals surface area contributed by atoms with Gasteiger partial charge in [0.25, 0.3) is 5.91 Å². The number of thioether (sulfide) groups is 1. The van der Waals surface area contributed by atoms with Crippen LogP contribution in [0.3, 0.4) is 0 Å². The first-order valence-corrected chi connectivity index (χ1v) is 16.4. The van der Waals surface area contributed by atoms with E-state index in [9.17, 15) is 32.3 Å². The Morgan fingerprint density at radius 1 is 1.02 bits per heavy atom. The fourth-order valence-corrected chi connectivity index (χ4v) is 5.86. The molecule has 47 heavy (non-hydrogen) atoms. The fourth-order valence-electron chi connectivity index (χ4n) is 4.69. The second-order valence-corrected chi connectivity index (χ2v) is 13.5. The third kappa shape index (κ3) is 11.4. The Hall–Kier alpha value is -3.94. The Balaban J connectivity index is 1.64. The lowest BCUT2D eigenvalue weighted by Gasteiger charge is -2.27. The van der Waals surface area contributed by atoms with Crippen molar-refractivity contribution in [1.29, 1.82) is 0 Å². The van der Waals surface area contributed by atoms with Gasteiger partial charge < -0.3 is 29.7 Å². The number of rotatable bonds is 13. The van der Waals surface area contributed by atoms with E-state index in [0.717, 1.165) is 5.56 Å². The number of nitrogens with zero attached hydrogens (tertiary/aromatic N) is 1. The van der Waals surface area contributed by atoms with Crippen molar-refractivity contribution < 1.29 is 46.6 Å². The lowest BCUT2D eigenvalue weighted by atomic mass is 10.0. The van der Waals surface area contributed by atoms with Crippen LogP contribution in [0, 0.1) is 23.4 Å². The van der Waals surface area contributed by atoms with Gasteiger partial charge in [0.05, 0.1) is 6.61 Å². The van der Waals surface area contributed by atoms with Crippen molar-refractivity contribution in [3.63, 3.8) is 0 Å². The summed E-state index contributed by atoms with van der Waals surface area (Å²) in [6.45, 7) is 11.0. The van der Waals surface area contributed by atoms with Crippen LogP contribution in [0.1, 0.15) is 59.1 Å². The molecule has 1 aliphatic heterocycles. The van der Waals surface area contributed by atoms with Gasteiger partial charge in [-0.1, -0.05) is 26.0 Å². The van der Waals surface area contributed by atoms with Gasteiger partial charge in [-0.15, -0.1) is 11.8 Å². The lowest BCUT2D eigenvalue weighted by molar-refractivity contribution is -0.153. The molecule has 1 fully saturated rings. The predicted molar refractivity (Wildman–Crippen MR) is 170 cm³/mol. The number of alkyl carbamates (subject to hydrolysis) is 1.